The number of anilines is 1. The van der Waals surface area contributed by atoms with E-state index in [1.807, 2.05) is 29.6 Å². The lowest BCUT2D eigenvalue weighted by Gasteiger charge is -2.15. The molecule has 0 aliphatic rings. The minimum Gasteiger partial charge on any atom is -0.495 e. The highest BCUT2D eigenvalue weighted by Crippen LogP contribution is 2.29. The molecule has 1 aromatic carbocycles. The topological polar surface area (TPSA) is 63.5 Å². The molecule has 0 unspecified atom stereocenters. The first kappa shape index (κ1) is 17.4. The molecular weight excluding hydrogens is 360 g/mol. The summed E-state index contributed by atoms with van der Waals surface area (Å²) in [6.45, 7) is 0.405. The average Bonchev–Trinajstić information content (AvgIpc) is 3.29. The molecule has 0 spiro atoms. The molecule has 0 saturated carbocycles. The van der Waals surface area contributed by atoms with E-state index in [0.29, 0.717) is 23.0 Å². The molecule has 3 rings (SSSR count). The first-order valence-electron chi connectivity index (χ1n) is 7.62. The summed E-state index contributed by atoms with van der Waals surface area (Å²) in [5.41, 5.74) is 0.512. The number of urea groups is 1. The lowest BCUT2D eigenvalue weighted by Crippen LogP contribution is -2.32. The number of carbonyl (C=O) groups is 1. The normalized spacial score (nSPS) is 11.8. The number of furan rings is 1. The maximum atomic E-state index is 12.3. The van der Waals surface area contributed by atoms with Crippen LogP contribution in [-0.2, 0) is 0 Å². The minimum atomic E-state index is -0.339. The zero-order chi connectivity index (χ0) is 17.6. The Kier molecular flexibility index (Phi) is 5.63. The molecule has 1 atom stereocenters. The van der Waals surface area contributed by atoms with Crippen molar-refractivity contribution in [2.75, 3.05) is 19.0 Å². The second-order valence-electron chi connectivity index (χ2n) is 5.26. The Hall–Kier alpha value is -2.44. The number of benzene rings is 1. The van der Waals surface area contributed by atoms with Crippen LogP contribution in [0.15, 0.2) is 58.5 Å². The molecule has 0 saturated heterocycles. The second kappa shape index (κ2) is 8.09. The maximum Gasteiger partial charge on any atom is 0.319 e. The molecule has 2 N–H and O–H groups in total. The van der Waals surface area contributed by atoms with Crippen molar-refractivity contribution in [2.45, 2.75) is 5.92 Å². The Morgan fingerprint density at radius 1 is 1.32 bits per heavy atom. The Labute approximate surface area is 154 Å². The van der Waals surface area contributed by atoms with Crippen molar-refractivity contribution in [3.8, 4) is 5.75 Å². The molecule has 0 bridgehead atoms. The summed E-state index contributed by atoms with van der Waals surface area (Å²) < 4.78 is 10.7. The van der Waals surface area contributed by atoms with Gasteiger partial charge in [0, 0.05) is 16.4 Å². The predicted octanol–water partition coefficient (Wildman–Crippen LogP) is 4.96. The van der Waals surface area contributed by atoms with Gasteiger partial charge in [-0.15, -0.1) is 11.3 Å². The molecule has 3 aromatic rings. The number of rotatable bonds is 6. The van der Waals surface area contributed by atoms with Crippen LogP contribution in [0.2, 0.25) is 5.02 Å². The van der Waals surface area contributed by atoms with E-state index in [1.54, 1.807) is 35.8 Å². The van der Waals surface area contributed by atoms with Gasteiger partial charge < -0.3 is 19.8 Å². The van der Waals surface area contributed by atoms with Crippen LogP contribution in [0.1, 0.15) is 16.6 Å². The Morgan fingerprint density at radius 2 is 2.20 bits per heavy atom. The number of methoxy groups -OCH3 is 1. The highest BCUT2D eigenvalue weighted by Gasteiger charge is 2.19. The van der Waals surface area contributed by atoms with Crippen molar-refractivity contribution in [3.05, 3.63) is 69.8 Å². The molecule has 0 fully saturated rings. The van der Waals surface area contributed by atoms with E-state index in [4.69, 9.17) is 20.8 Å². The molecule has 25 heavy (non-hydrogen) atoms. The number of amides is 2. The van der Waals surface area contributed by atoms with Gasteiger partial charge in [-0.1, -0.05) is 17.7 Å². The summed E-state index contributed by atoms with van der Waals surface area (Å²) >= 11 is 7.61. The van der Waals surface area contributed by atoms with Gasteiger partial charge in [-0.25, -0.2) is 4.79 Å². The predicted molar refractivity (Wildman–Crippen MR) is 99.9 cm³/mol. The van der Waals surface area contributed by atoms with Crippen molar-refractivity contribution in [1.82, 2.24) is 5.32 Å². The Balaban J connectivity index is 1.67. The molecule has 2 amide bonds. The molecule has 0 aliphatic heterocycles. The van der Waals surface area contributed by atoms with Crippen molar-refractivity contribution in [3.63, 3.8) is 0 Å². The summed E-state index contributed by atoms with van der Waals surface area (Å²) in [5, 5.41) is 8.16. The van der Waals surface area contributed by atoms with Crippen molar-refractivity contribution in [2.24, 2.45) is 0 Å². The first-order valence-corrected chi connectivity index (χ1v) is 8.88. The van der Waals surface area contributed by atoms with E-state index in [9.17, 15) is 4.79 Å². The van der Waals surface area contributed by atoms with Gasteiger partial charge in [0.2, 0.25) is 0 Å². The van der Waals surface area contributed by atoms with Crippen LogP contribution >= 0.6 is 22.9 Å². The zero-order valence-corrected chi connectivity index (χ0v) is 15.1. The number of carbonyl (C=O) groups excluding carboxylic acids is 1. The number of hydrogen-bond acceptors (Lipinski definition) is 4. The van der Waals surface area contributed by atoms with E-state index >= 15 is 0 Å². The standard InChI is InChI=1S/C18H17ClN2O3S/c1-23-16-7-6-12(19)10-14(16)21-18(22)20-11-13(15-4-2-8-24-15)17-5-3-9-25-17/h2-10,13H,11H2,1H3,(H2,20,21,22)/t13-/m0/s1. The molecule has 7 heteroatoms. The largest absolute Gasteiger partial charge is 0.495 e. The van der Waals surface area contributed by atoms with Gasteiger partial charge >= 0.3 is 6.03 Å². The molecule has 2 aromatic heterocycles. The van der Waals surface area contributed by atoms with Crippen LogP contribution in [0.5, 0.6) is 5.75 Å². The molecule has 5 nitrogen and oxygen atoms in total. The minimum absolute atomic E-state index is 0.0398. The van der Waals surface area contributed by atoms with E-state index in [-0.39, 0.29) is 11.9 Å². The van der Waals surface area contributed by atoms with Crippen LogP contribution in [-0.4, -0.2) is 19.7 Å². The average molecular weight is 377 g/mol. The fourth-order valence-corrected chi connectivity index (χ4v) is 3.47. The molecule has 130 valence electrons. The summed E-state index contributed by atoms with van der Waals surface area (Å²) in [7, 11) is 1.54. The van der Waals surface area contributed by atoms with Gasteiger partial charge in [0.25, 0.3) is 0 Å². The van der Waals surface area contributed by atoms with Crippen LogP contribution in [0, 0.1) is 0 Å². The van der Waals surface area contributed by atoms with Crippen molar-refractivity contribution in [1.29, 1.82) is 0 Å². The van der Waals surface area contributed by atoms with E-state index < -0.39 is 0 Å². The van der Waals surface area contributed by atoms with Crippen LogP contribution < -0.4 is 15.4 Å². The van der Waals surface area contributed by atoms with Crippen LogP contribution in [0.4, 0.5) is 10.5 Å². The molecular formula is C18H17ClN2O3S. The fraction of sp³-hybridized carbons (Fsp3) is 0.167. The van der Waals surface area contributed by atoms with Crippen molar-refractivity contribution < 1.29 is 13.9 Å². The van der Waals surface area contributed by atoms with Crippen LogP contribution in [0.3, 0.4) is 0 Å². The number of ether oxygens (including phenoxy) is 1. The van der Waals surface area contributed by atoms with Gasteiger partial charge in [0.1, 0.15) is 11.5 Å². The van der Waals surface area contributed by atoms with Gasteiger partial charge in [0.05, 0.1) is 25.0 Å². The van der Waals surface area contributed by atoms with Gasteiger partial charge in [-0.05, 0) is 41.8 Å². The number of nitrogens with one attached hydrogen (secondary N) is 2. The Bertz CT molecular complexity index is 785. The molecule has 2 heterocycles. The van der Waals surface area contributed by atoms with E-state index in [1.165, 1.54) is 7.11 Å². The summed E-state index contributed by atoms with van der Waals surface area (Å²) in [6.07, 6.45) is 1.63. The quantitative estimate of drug-likeness (QED) is 0.639. The highest BCUT2D eigenvalue weighted by atomic mass is 35.5. The van der Waals surface area contributed by atoms with Gasteiger partial charge in [0.15, 0.2) is 0 Å². The number of halogens is 1. The smallest absolute Gasteiger partial charge is 0.319 e. The van der Waals surface area contributed by atoms with Gasteiger partial charge in [-0.2, -0.15) is 0 Å². The third-order valence-electron chi connectivity index (χ3n) is 3.65. The molecule has 0 aliphatic carbocycles. The zero-order valence-electron chi connectivity index (χ0n) is 13.5. The van der Waals surface area contributed by atoms with E-state index in [0.717, 1.165) is 10.6 Å². The van der Waals surface area contributed by atoms with E-state index in [2.05, 4.69) is 10.6 Å². The Morgan fingerprint density at radius 3 is 2.88 bits per heavy atom. The summed E-state index contributed by atoms with van der Waals surface area (Å²) in [5.74, 6) is 1.31. The number of thiophene rings is 1. The number of hydrogen-bond donors (Lipinski definition) is 2. The lowest BCUT2D eigenvalue weighted by atomic mass is 10.1. The lowest BCUT2D eigenvalue weighted by molar-refractivity contribution is 0.251. The second-order valence-corrected chi connectivity index (χ2v) is 6.68. The maximum absolute atomic E-state index is 12.3. The summed E-state index contributed by atoms with van der Waals surface area (Å²) in [4.78, 5) is 13.4. The van der Waals surface area contributed by atoms with Crippen LogP contribution in [0.25, 0.3) is 0 Å². The first-order chi connectivity index (χ1) is 12.2. The SMILES string of the molecule is COc1ccc(Cl)cc1NC(=O)NC[C@@H](c1ccco1)c1cccs1. The fourth-order valence-electron chi connectivity index (χ4n) is 2.46. The molecule has 0 radical (unpaired) electrons. The third kappa shape index (κ3) is 4.35. The van der Waals surface area contributed by atoms with Crippen molar-refractivity contribution >= 4 is 34.7 Å². The van der Waals surface area contributed by atoms with Gasteiger partial charge in [-0.3, -0.25) is 0 Å². The monoisotopic (exact) mass is 376 g/mol. The third-order valence-corrected chi connectivity index (χ3v) is 4.87. The summed E-state index contributed by atoms with van der Waals surface area (Å²) in [6, 6.07) is 12.5. The highest BCUT2D eigenvalue weighted by molar-refractivity contribution is 7.10.